The Morgan fingerprint density at radius 1 is 1.33 bits per heavy atom. The van der Waals surface area contributed by atoms with Gasteiger partial charge in [0.05, 0.1) is 12.2 Å². The van der Waals surface area contributed by atoms with Gasteiger partial charge < -0.3 is 16.2 Å². The van der Waals surface area contributed by atoms with Crippen molar-refractivity contribution in [2.24, 2.45) is 33.0 Å². The number of hydrogen-bond acceptors (Lipinski definition) is 6. The van der Waals surface area contributed by atoms with Crippen molar-refractivity contribution in [1.82, 2.24) is 4.98 Å². The molecule has 0 aliphatic heterocycles. The van der Waals surface area contributed by atoms with E-state index < -0.39 is 6.23 Å². The summed E-state index contributed by atoms with van der Waals surface area (Å²) in [5.41, 5.74) is 7.82. The van der Waals surface area contributed by atoms with Crippen LogP contribution >= 0.6 is 11.3 Å². The minimum atomic E-state index is -0.663. The zero-order valence-electron chi connectivity index (χ0n) is 15.7. The van der Waals surface area contributed by atoms with Gasteiger partial charge in [0.15, 0.2) is 11.0 Å². The number of hydrogen-bond donors (Lipinski definition) is 3. The first kappa shape index (κ1) is 19.4. The monoisotopic (exact) mass is 386 g/mol. The van der Waals surface area contributed by atoms with Crippen LogP contribution < -0.4 is 11.1 Å². The Hall–Kier alpha value is -2.32. The highest BCUT2D eigenvalue weighted by Crippen LogP contribution is 2.32. The smallest absolute Gasteiger partial charge is 0.185 e. The summed E-state index contributed by atoms with van der Waals surface area (Å²) < 4.78 is 0. The maximum atomic E-state index is 10.2. The number of thiazole rings is 1. The van der Waals surface area contributed by atoms with E-state index >= 15 is 0 Å². The van der Waals surface area contributed by atoms with Gasteiger partial charge in [0.2, 0.25) is 0 Å². The number of nitrogens with zero attached hydrogens (tertiary/aromatic N) is 4. The van der Waals surface area contributed by atoms with Crippen LogP contribution in [0, 0.1) is 11.8 Å². The third kappa shape index (κ3) is 5.83. The summed E-state index contributed by atoms with van der Waals surface area (Å²) in [5.74, 6) is 1.31. The van der Waals surface area contributed by atoms with E-state index in [1.807, 2.05) is 30.3 Å². The highest BCUT2D eigenvalue weighted by molar-refractivity contribution is 7.18. The van der Waals surface area contributed by atoms with Crippen LogP contribution in [0.5, 0.6) is 0 Å². The first-order valence-electron chi connectivity index (χ1n) is 9.24. The molecule has 3 rings (SSSR count). The van der Waals surface area contributed by atoms with Crippen LogP contribution in [0.4, 0.5) is 5.13 Å². The molecule has 1 atom stereocenters. The van der Waals surface area contributed by atoms with Crippen LogP contribution in [0.3, 0.4) is 0 Å². The second-order valence-electron chi connectivity index (χ2n) is 7.19. The fraction of sp³-hybridized carbons (Fsp3) is 0.474. The third-order valence-electron chi connectivity index (χ3n) is 4.14. The molecule has 0 radical (unpaired) electrons. The second-order valence-corrected chi connectivity index (χ2v) is 8.19. The van der Waals surface area contributed by atoms with Gasteiger partial charge in [-0.1, -0.05) is 55.5 Å². The van der Waals surface area contributed by atoms with Crippen molar-refractivity contribution in [1.29, 1.82) is 0 Å². The third-order valence-corrected chi connectivity index (χ3v) is 5.15. The first-order valence-corrected chi connectivity index (χ1v) is 10.1. The SMILES string of the molecule is CC(C)CC(O)Nc1nc(-c2ccccc2)c(C(N)=NN=NCC2CC2)s1. The number of aliphatic hydroxyl groups is 1. The molecule has 27 heavy (non-hydrogen) atoms. The van der Waals surface area contributed by atoms with Crippen molar-refractivity contribution in [3.05, 3.63) is 35.2 Å². The van der Waals surface area contributed by atoms with E-state index in [0.717, 1.165) is 11.3 Å². The fourth-order valence-corrected chi connectivity index (χ4v) is 3.50. The minimum Gasteiger partial charge on any atom is -0.381 e. The summed E-state index contributed by atoms with van der Waals surface area (Å²) in [5, 5.41) is 25.8. The second kappa shape index (κ2) is 9.05. The Labute approximate surface area is 163 Å². The molecule has 4 N–H and O–H groups in total. The number of anilines is 1. The van der Waals surface area contributed by atoms with E-state index in [1.165, 1.54) is 24.2 Å². The maximum absolute atomic E-state index is 10.2. The Morgan fingerprint density at radius 2 is 2.07 bits per heavy atom. The van der Waals surface area contributed by atoms with Crippen LogP contribution in [-0.4, -0.2) is 28.7 Å². The van der Waals surface area contributed by atoms with Crippen LogP contribution in [0.25, 0.3) is 11.3 Å². The van der Waals surface area contributed by atoms with E-state index in [0.29, 0.717) is 34.8 Å². The van der Waals surface area contributed by atoms with Crippen molar-refractivity contribution >= 4 is 22.3 Å². The molecular weight excluding hydrogens is 360 g/mol. The van der Waals surface area contributed by atoms with Gasteiger partial charge in [0.1, 0.15) is 11.1 Å². The Kier molecular flexibility index (Phi) is 6.52. The highest BCUT2D eigenvalue weighted by atomic mass is 32.1. The van der Waals surface area contributed by atoms with Crippen LogP contribution in [-0.2, 0) is 0 Å². The van der Waals surface area contributed by atoms with Crippen molar-refractivity contribution in [2.45, 2.75) is 39.3 Å². The normalized spacial score (nSPS) is 16.2. The summed E-state index contributed by atoms with van der Waals surface area (Å²) in [4.78, 5) is 5.34. The average molecular weight is 387 g/mol. The van der Waals surface area contributed by atoms with Crippen LogP contribution in [0.1, 0.15) is 38.0 Å². The van der Waals surface area contributed by atoms with Gasteiger partial charge in [-0.15, -0.1) is 5.10 Å². The molecule has 144 valence electrons. The van der Waals surface area contributed by atoms with Crippen LogP contribution in [0.2, 0.25) is 0 Å². The lowest BCUT2D eigenvalue weighted by Gasteiger charge is -2.13. The number of amidine groups is 1. The molecule has 1 aromatic carbocycles. The summed E-state index contributed by atoms with van der Waals surface area (Å²) in [7, 11) is 0. The Morgan fingerprint density at radius 3 is 2.74 bits per heavy atom. The Bertz CT molecular complexity index is 798. The molecular formula is C19H26N6OS. The number of nitrogens with two attached hydrogens (primary N) is 1. The molecule has 7 nitrogen and oxygen atoms in total. The van der Waals surface area contributed by atoms with Gasteiger partial charge in [-0.05, 0) is 36.3 Å². The lowest BCUT2D eigenvalue weighted by atomic mass is 10.1. The highest BCUT2D eigenvalue weighted by Gasteiger charge is 2.21. The summed E-state index contributed by atoms with van der Waals surface area (Å²) in [6.45, 7) is 4.83. The van der Waals surface area contributed by atoms with Gasteiger partial charge in [-0.25, -0.2) is 4.98 Å². The molecule has 1 unspecified atom stereocenters. The number of nitrogens with one attached hydrogen (secondary N) is 1. The lowest BCUT2D eigenvalue weighted by Crippen LogP contribution is -2.20. The van der Waals surface area contributed by atoms with E-state index in [9.17, 15) is 5.11 Å². The number of aliphatic hydroxyl groups excluding tert-OH is 1. The summed E-state index contributed by atoms with van der Waals surface area (Å²) in [6, 6.07) is 9.78. The number of aromatic nitrogens is 1. The van der Waals surface area contributed by atoms with Crippen molar-refractivity contribution in [3.8, 4) is 11.3 Å². The van der Waals surface area contributed by atoms with E-state index in [2.05, 4.69) is 39.6 Å². The zero-order chi connectivity index (χ0) is 19.2. The van der Waals surface area contributed by atoms with E-state index in [1.54, 1.807) is 0 Å². The first-order chi connectivity index (χ1) is 13.0. The van der Waals surface area contributed by atoms with Crippen LogP contribution in [0.15, 0.2) is 45.8 Å². The molecule has 1 heterocycles. The average Bonchev–Trinajstić information content (AvgIpc) is 3.37. The standard InChI is InChI=1S/C19H26N6OS/c1-12(2)10-15(26)22-19-23-16(14-6-4-3-5-7-14)17(27-19)18(20)24-25-21-11-13-8-9-13/h3-7,12-13,15,26H,8-11H2,1-2H3,(H,22,23)(H2,20,21,24). The molecule has 1 aromatic heterocycles. The molecule has 1 aliphatic carbocycles. The maximum Gasteiger partial charge on any atom is 0.185 e. The van der Waals surface area contributed by atoms with Gasteiger partial charge in [0.25, 0.3) is 0 Å². The molecule has 2 aromatic rings. The summed E-state index contributed by atoms with van der Waals surface area (Å²) >= 11 is 1.35. The molecule has 0 spiro atoms. The zero-order valence-corrected chi connectivity index (χ0v) is 16.5. The molecule has 0 amide bonds. The number of rotatable bonds is 9. The van der Waals surface area contributed by atoms with E-state index in [-0.39, 0.29) is 5.84 Å². The minimum absolute atomic E-state index is 0.275. The van der Waals surface area contributed by atoms with Gasteiger partial charge in [-0.3, -0.25) is 0 Å². The summed E-state index contributed by atoms with van der Waals surface area (Å²) in [6.07, 6.45) is 2.41. The predicted octanol–water partition coefficient (Wildman–Crippen LogP) is 4.07. The van der Waals surface area contributed by atoms with E-state index in [4.69, 9.17) is 5.73 Å². The molecule has 1 saturated carbocycles. The van der Waals surface area contributed by atoms with Gasteiger partial charge in [0, 0.05) is 5.56 Å². The molecule has 8 heteroatoms. The quantitative estimate of drug-likeness (QED) is 0.198. The van der Waals surface area contributed by atoms with Crippen molar-refractivity contribution in [2.75, 3.05) is 11.9 Å². The lowest BCUT2D eigenvalue weighted by molar-refractivity contribution is 0.176. The molecule has 1 fully saturated rings. The molecule has 0 saturated heterocycles. The van der Waals surface area contributed by atoms with Gasteiger partial charge in [-0.2, -0.15) is 5.11 Å². The van der Waals surface area contributed by atoms with Crippen molar-refractivity contribution in [3.63, 3.8) is 0 Å². The fourth-order valence-electron chi connectivity index (χ4n) is 2.57. The Balaban J connectivity index is 1.83. The predicted molar refractivity (Wildman–Crippen MR) is 110 cm³/mol. The van der Waals surface area contributed by atoms with Crippen molar-refractivity contribution < 1.29 is 5.11 Å². The largest absolute Gasteiger partial charge is 0.381 e. The number of benzene rings is 1. The van der Waals surface area contributed by atoms with Gasteiger partial charge >= 0.3 is 0 Å². The topological polar surface area (TPSA) is 108 Å². The molecule has 1 aliphatic rings. The molecule has 0 bridgehead atoms.